The van der Waals surface area contributed by atoms with E-state index in [-0.39, 0.29) is 11.6 Å². The minimum atomic E-state index is -3.30. The molecule has 27 heavy (non-hydrogen) atoms. The van der Waals surface area contributed by atoms with Gasteiger partial charge in [0.05, 0.1) is 23.7 Å². The van der Waals surface area contributed by atoms with Gasteiger partial charge in [0.15, 0.2) is 0 Å². The van der Waals surface area contributed by atoms with Crippen LogP contribution in [0.5, 0.6) is 0 Å². The number of hydrogen-bond donors (Lipinski definition) is 1. The van der Waals surface area contributed by atoms with Gasteiger partial charge in [0.25, 0.3) is 0 Å². The van der Waals surface area contributed by atoms with Crippen LogP contribution >= 0.6 is 0 Å². The van der Waals surface area contributed by atoms with Crippen molar-refractivity contribution in [3.8, 4) is 11.3 Å². The minimum Gasteiger partial charge on any atom is -0.383 e. The van der Waals surface area contributed by atoms with E-state index in [0.29, 0.717) is 6.54 Å². The average Bonchev–Trinajstić information content (AvgIpc) is 3.26. The van der Waals surface area contributed by atoms with Crippen molar-refractivity contribution in [2.45, 2.75) is 13.3 Å². The van der Waals surface area contributed by atoms with Crippen LogP contribution in [0.25, 0.3) is 16.8 Å². The van der Waals surface area contributed by atoms with Gasteiger partial charge in [-0.15, -0.1) is 0 Å². The van der Waals surface area contributed by atoms with Gasteiger partial charge in [0.1, 0.15) is 5.82 Å². The second kappa shape index (κ2) is 6.53. The number of aromatic nitrogens is 2. The van der Waals surface area contributed by atoms with Crippen LogP contribution in [0.2, 0.25) is 0 Å². The molecule has 3 heterocycles. The lowest BCUT2D eigenvalue weighted by atomic mass is 9.92. The summed E-state index contributed by atoms with van der Waals surface area (Å²) in [5.74, 6) is -0.228. The zero-order valence-corrected chi connectivity index (χ0v) is 16.1. The summed E-state index contributed by atoms with van der Waals surface area (Å²) in [6.07, 6.45) is 4.40. The largest absolute Gasteiger partial charge is 0.383 e. The van der Waals surface area contributed by atoms with Gasteiger partial charge in [0, 0.05) is 42.7 Å². The predicted octanol–water partition coefficient (Wildman–Crippen LogP) is 2.48. The third-order valence-electron chi connectivity index (χ3n) is 4.96. The highest BCUT2D eigenvalue weighted by atomic mass is 32.2. The lowest BCUT2D eigenvalue weighted by Crippen LogP contribution is -2.26. The monoisotopic (exact) mass is 388 g/mol. The van der Waals surface area contributed by atoms with Crippen LogP contribution in [0.3, 0.4) is 0 Å². The number of nitrogens with zero attached hydrogens (tertiary/aromatic N) is 3. The number of nitrogens with one attached hydrogen (secondary N) is 1. The molecule has 6 nitrogen and oxygen atoms in total. The first-order valence-electron chi connectivity index (χ1n) is 8.86. The van der Waals surface area contributed by atoms with E-state index in [4.69, 9.17) is 0 Å². The van der Waals surface area contributed by atoms with Gasteiger partial charge in [-0.1, -0.05) is 0 Å². The van der Waals surface area contributed by atoms with Crippen molar-refractivity contribution in [3.63, 3.8) is 0 Å². The molecule has 142 valence electrons. The smallest absolute Gasteiger partial charge is 0.234 e. The molecule has 4 rings (SSSR count). The molecule has 0 spiro atoms. The summed E-state index contributed by atoms with van der Waals surface area (Å²) in [5.41, 5.74) is 5.48. The second-order valence-corrected chi connectivity index (χ2v) is 8.90. The molecular weight excluding hydrogens is 367 g/mol. The molecular formula is C19H21FN4O2S. The van der Waals surface area contributed by atoms with Crippen LogP contribution < -0.4 is 5.32 Å². The predicted molar refractivity (Wildman–Crippen MR) is 102 cm³/mol. The van der Waals surface area contributed by atoms with Gasteiger partial charge in [-0.2, -0.15) is 5.10 Å². The zero-order chi connectivity index (χ0) is 19.2. The lowest BCUT2D eigenvalue weighted by molar-refractivity contribution is 0.528. The van der Waals surface area contributed by atoms with E-state index < -0.39 is 10.0 Å². The molecule has 1 aromatic carbocycles. The molecule has 2 aliphatic heterocycles. The van der Waals surface area contributed by atoms with Crippen LogP contribution in [0.4, 0.5) is 4.39 Å². The number of benzene rings is 1. The average molecular weight is 388 g/mol. The van der Waals surface area contributed by atoms with E-state index in [1.54, 1.807) is 29.9 Å². The van der Waals surface area contributed by atoms with E-state index in [2.05, 4.69) is 10.4 Å². The standard InChI is InChI=1S/C19H21FN4O2S/c1-3-27(25,26)24-11-16-15(8-9-21-18(16)12-24)17-10-23(2)22-19(17)13-4-6-14(20)7-5-13/h4-7,10,12,21H,3,8-9,11H2,1-2H3. The maximum Gasteiger partial charge on any atom is 0.234 e. The Morgan fingerprint density at radius 2 is 1.96 bits per heavy atom. The first-order chi connectivity index (χ1) is 12.9. The maximum absolute atomic E-state index is 13.3. The van der Waals surface area contributed by atoms with Gasteiger partial charge in [0.2, 0.25) is 10.0 Å². The van der Waals surface area contributed by atoms with Crippen LogP contribution in [0, 0.1) is 5.82 Å². The number of fused-ring (bicyclic) bond motifs is 1. The molecule has 0 unspecified atom stereocenters. The zero-order valence-electron chi connectivity index (χ0n) is 15.2. The molecule has 0 atom stereocenters. The molecule has 8 heteroatoms. The molecule has 2 aliphatic rings. The van der Waals surface area contributed by atoms with Crippen LogP contribution in [-0.2, 0) is 17.1 Å². The Balaban J connectivity index is 1.81. The Hall–Kier alpha value is -2.61. The Morgan fingerprint density at radius 3 is 2.67 bits per heavy atom. The van der Waals surface area contributed by atoms with Gasteiger partial charge < -0.3 is 5.32 Å². The highest BCUT2D eigenvalue weighted by molar-refractivity contribution is 7.89. The van der Waals surface area contributed by atoms with Gasteiger partial charge in [-0.25, -0.2) is 12.8 Å². The SMILES string of the molecule is CCS(=O)(=O)N1C=C2NCCC(c3cn(C)nc3-c3ccc(F)cc3)=C2C1. The quantitative estimate of drug-likeness (QED) is 0.874. The number of sulfonamides is 1. The van der Waals surface area contributed by atoms with Crippen LogP contribution in [0.1, 0.15) is 18.9 Å². The van der Waals surface area contributed by atoms with Crippen LogP contribution in [0.15, 0.2) is 47.9 Å². The third kappa shape index (κ3) is 3.14. The molecule has 2 aromatic rings. The second-order valence-electron chi connectivity index (χ2n) is 6.69. The normalized spacial score (nSPS) is 17.0. The summed E-state index contributed by atoms with van der Waals surface area (Å²) in [4.78, 5) is 0. The maximum atomic E-state index is 13.3. The van der Waals surface area contributed by atoms with E-state index in [1.165, 1.54) is 16.4 Å². The highest BCUT2D eigenvalue weighted by Crippen LogP contribution is 2.38. The van der Waals surface area contributed by atoms with Crippen molar-refractivity contribution in [1.29, 1.82) is 0 Å². The molecule has 0 radical (unpaired) electrons. The van der Waals surface area contributed by atoms with Gasteiger partial charge in [-0.3, -0.25) is 8.99 Å². The molecule has 1 aromatic heterocycles. The van der Waals surface area contributed by atoms with E-state index in [9.17, 15) is 12.8 Å². The van der Waals surface area contributed by atoms with Gasteiger partial charge in [-0.05, 0) is 43.2 Å². The van der Waals surface area contributed by atoms with Crippen molar-refractivity contribution in [2.24, 2.45) is 7.05 Å². The number of halogens is 1. The third-order valence-corrected chi connectivity index (χ3v) is 6.64. The van der Waals surface area contributed by atoms with Crippen molar-refractivity contribution in [2.75, 3.05) is 18.8 Å². The number of aryl methyl sites for hydroxylation is 1. The molecule has 1 N–H and O–H groups in total. The first-order valence-corrected chi connectivity index (χ1v) is 10.5. The Kier molecular flexibility index (Phi) is 4.30. The summed E-state index contributed by atoms with van der Waals surface area (Å²) in [6.45, 7) is 2.69. The lowest BCUT2D eigenvalue weighted by Gasteiger charge is -2.21. The first kappa shape index (κ1) is 17.8. The van der Waals surface area contributed by atoms with E-state index in [0.717, 1.165) is 46.6 Å². The molecule has 0 bridgehead atoms. The molecule has 0 amide bonds. The summed E-state index contributed by atoms with van der Waals surface area (Å²) in [6, 6.07) is 6.27. The van der Waals surface area contributed by atoms with E-state index in [1.807, 2.05) is 13.2 Å². The fourth-order valence-electron chi connectivity index (χ4n) is 3.56. The summed E-state index contributed by atoms with van der Waals surface area (Å²) >= 11 is 0. The Bertz CT molecular complexity index is 1050. The number of hydrogen-bond acceptors (Lipinski definition) is 4. The topological polar surface area (TPSA) is 67.2 Å². The summed E-state index contributed by atoms with van der Waals surface area (Å²) < 4.78 is 41.0. The molecule has 0 saturated heterocycles. The van der Waals surface area contributed by atoms with Crippen molar-refractivity contribution >= 4 is 15.6 Å². The fourth-order valence-corrected chi connectivity index (χ4v) is 4.49. The molecule has 0 saturated carbocycles. The highest BCUT2D eigenvalue weighted by Gasteiger charge is 2.31. The molecule has 0 aliphatic carbocycles. The van der Waals surface area contributed by atoms with Crippen molar-refractivity contribution < 1.29 is 12.8 Å². The Morgan fingerprint density at radius 1 is 1.22 bits per heavy atom. The minimum absolute atomic E-state index is 0.0626. The van der Waals surface area contributed by atoms with Gasteiger partial charge >= 0.3 is 0 Å². The van der Waals surface area contributed by atoms with E-state index >= 15 is 0 Å². The fraction of sp³-hybridized carbons (Fsp3) is 0.316. The molecule has 0 fully saturated rings. The summed E-state index contributed by atoms with van der Waals surface area (Å²) in [5, 5.41) is 7.87. The van der Waals surface area contributed by atoms with Crippen molar-refractivity contribution in [3.05, 3.63) is 59.3 Å². The summed E-state index contributed by atoms with van der Waals surface area (Å²) in [7, 11) is -1.45. The van der Waals surface area contributed by atoms with Crippen LogP contribution in [-0.4, -0.2) is 41.3 Å². The number of rotatable bonds is 4. The Labute approximate surface area is 158 Å². The van der Waals surface area contributed by atoms with Crippen molar-refractivity contribution in [1.82, 2.24) is 19.4 Å².